The van der Waals surface area contributed by atoms with Gasteiger partial charge >= 0.3 is 0 Å². The summed E-state index contributed by atoms with van der Waals surface area (Å²) < 4.78 is 18.2. The molecule has 4 heterocycles. The smallest absolute Gasteiger partial charge is 0.237 e. The summed E-state index contributed by atoms with van der Waals surface area (Å²) >= 11 is 0. The minimum Gasteiger partial charge on any atom is -0.341 e. The lowest BCUT2D eigenvalue weighted by Gasteiger charge is -2.45. The largest absolute Gasteiger partial charge is 0.341 e. The van der Waals surface area contributed by atoms with Gasteiger partial charge in [0.05, 0.1) is 17.8 Å². The van der Waals surface area contributed by atoms with Crippen LogP contribution in [0.1, 0.15) is 44.5 Å². The Labute approximate surface area is 178 Å². The molecular formula is C22H21FN8. The van der Waals surface area contributed by atoms with E-state index in [1.807, 2.05) is 4.57 Å². The Hall–Kier alpha value is -3.62. The highest BCUT2D eigenvalue weighted by Gasteiger charge is 2.39. The number of anilines is 1. The van der Waals surface area contributed by atoms with E-state index in [1.165, 1.54) is 12.5 Å². The number of hydrogen-bond acceptors (Lipinski definition) is 6. The Kier molecular flexibility index (Phi) is 4.09. The van der Waals surface area contributed by atoms with Gasteiger partial charge in [-0.25, -0.2) is 14.4 Å². The zero-order chi connectivity index (χ0) is 20.9. The predicted octanol–water partition coefficient (Wildman–Crippen LogP) is 3.87. The number of benzene rings is 1. The number of nitrogens with zero attached hydrogens (tertiary/aromatic N) is 8. The minimum absolute atomic E-state index is 0.108. The number of imidazole rings is 1. The standard InChI is InChI=1S/C22H21FN8/c1-2-17-21-28-26-13-30(21)18-12-25-22(27-20(18)31(17)14-6-5-7-14)29-11-10-24-19(29)15-8-3-4-9-16(15)23/h3-4,8-14,17H,2,5-7H2,1H3/t17-/m1/s1. The van der Waals surface area contributed by atoms with Crippen LogP contribution in [0, 0.1) is 5.82 Å². The molecule has 1 aromatic carbocycles. The second kappa shape index (κ2) is 6.97. The first-order valence-corrected chi connectivity index (χ1v) is 10.6. The average molecular weight is 416 g/mol. The number of hydrogen-bond donors (Lipinski definition) is 0. The van der Waals surface area contributed by atoms with Crippen molar-refractivity contribution in [1.29, 1.82) is 0 Å². The van der Waals surface area contributed by atoms with Crippen LogP contribution in [-0.2, 0) is 0 Å². The zero-order valence-electron chi connectivity index (χ0n) is 17.1. The first kappa shape index (κ1) is 18.2. The maximum atomic E-state index is 14.5. The van der Waals surface area contributed by atoms with Gasteiger partial charge in [0.15, 0.2) is 11.6 Å². The molecule has 31 heavy (non-hydrogen) atoms. The molecule has 4 aromatic rings. The van der Waals surface area contributed by atoms with Gasteiger partial charge in [0.1, 0.15) is 23.7 Å². The van der Waals surface area contributed by atoms with E-state index >= 15 is 0 Å². The van der Waals surface area contributed by atoms with Crippen molar-refractivity contribution in [2.45, 2.75) is 44.7 Å². The molecule has 9 heteroatoms. The van der Waals surface area contributed by atoms with Gasteiger partial charge in [-0.2, -0.15) is 4.98 Å². The number of halogens is 1. The van der Waals surface area contributed by atoms with E-state index in [9.17, 15) is 4.39 Å². The molecule has 0 unspecified atom stereocenters. The Bertz CT molecular complexity index is 1260. The van der Waals surface area contributed by atoms with Crippen LogP contribution < -0.4 is 4.90 Å². The Morgan fingerprint density at radius 2 is 2.00 bits per heavy atom. The van der Waals surface area contributed by atoms with Crippen molar-refractivity contribution >= 4 is 5.82 Å². The monoisotopic (exact) mass is 416 g/mol. The average Bonchev–Trinajstić information content (AvgIpc) is 3.42. The molecular weight excluding hydrogens is 395 g/mol. The molecule has 6 rings (SSSR count). The van der Waals surface area contributed by atoms with E-state index in [2.05, 4.69) is 32.0 Å². The van der Waals surface area contributed by atoms with Crippen molar-refractivity contribution < 1.29 is 4.39 Å². The fourth-order valence-electron chi connectivity index (χ4n) is 4.54. The Morgan fingerprint density at radius 3 is 2.77 bits per heavy atom. The van der Waals surface area contributed by atoms with Crippen molar-refractivity contribution in [3.63, 3.8) is 0 Å². The molecule has 1 saturated carbocycles. The second-order valence-electron chi connectivity index (χ2n) is 7.95. The van der Waals surface area contributed by atoms with Gasteiger partial charge in [0, 0.05) is 18.4 Å². The van der Waals surface area contributed by atoms with Gasteiger partial charge < -0.3 is 4.90 Å². The third kappa shape index (κ3) is 2.69. The summed E-state index contributed by atoms with van der Waals surface area (Å²) in [5.74, 6) is 2.39. The molecule has 0 bridgehead atoms. The van der Waals surface area contributed by atoms with Crippen molar-refractivity contribution in [3.8, 4) is 23.0 Å². The summed E-state index contributed by atoms with van der Waals surface area (Å²) in [6.07, 6.45) is 11.3. The summed E-state index contributed by atoms with van der Waals surface area (Å²) in [7, 11) is 0. The first-order chi connectivity index (χ1) is 15.3. The molecule has 0 radical (unpaired) electrons. The maximum Gasteiger partial charge on any atom is 0.237 e. The van der Waals surface area contributed by atoms with Gasteiger partial charge in [0.25, 0.3) is 0 Å². The summed E-state index contributed by atoms with van der Waals surface area (Å²) in [4.78, 5) is 16.3. The molecule has 1 atom stereocenters. The van der Waals surface area contributed by atoms with Gasteiger partial charge in [0.2, 0.25) is 5.95 Å². The van der Waals surface area contributed by atoms with Crippen LogP contribution in [0.2, 0.25) is 0 Å². The summed E-state index contributed by atoms with van der Waals surface area (Å²) in [5, 5.41) is 8.54. The van der Waals surface area contributed by atoms with Crippen molar-refractivity contribution in [1.82, 2.24) is 34.3 Å². The third-order valence-corrected chi connectivity index (χ3v) is 6.28. The van der Waals surface area contributed by atoms with E-state index in [4.69, 9.17) is 4.98 Å². The Morgan fingerprint density at radius 1 is 1.13 bits per heavy atom. The summed E-state index contributed by atoms with van der Waals surface area (Å²) in [6, 6.07) is 7.13. The molecule has 1 fully saturated rings. The zero-order valence-corrected chi connectivity index (χ0v) is 17.1. The summed E-state index contributed by atoms with van der Waals surface area (Å²) in [6.45, 7) is 2.16. The third-order valence-electron chi connectivity index (χ3n) is 6.28. The molecule has 1 aliphatic heterocycles. The lowest BCUT2D eigenvalue weighted by Crippen LogP contribution is -2.46. The number of aromatic nitrogens is 7. The second-order valence-corrected chi connectivity index (χ2v) is 7.95. The van der Waals surface area contributed by atoms with Crippen LogP contribution in [0.15, 0.2) is 49.2 Å². The van der Waals surface area contributed by atoms with Crippen LogP contribution in [-0.4, -0.2) is 40.3 Å². The highest BCUT2D eigenvalue weighted by molar-refractivity contribution is 5.64. The van der Waals surface area contributed by atoms with Crippen LogP contribution in [0.25, 0.3) is 23.0 Å². The fraction of sp³-hybridized carbons (Fsp3) is 0.318. The molecule has 156 valence electrons. The van der Waals surface area contributed by atoms with Crippen molar-refractivity contribution in [2.75, 3.05) is 4.90 Å². The summed E-state index contributed by atoms with van der Waals surface area (Å²) in [5.41, 5.74) is 1.28. The molecule has 1 aliphatic carbocycles. The number of rotatable bonds is 4. The molecule has 3 aromatic heterocycles. The molecule has 0 N–H and O–H groups in total. The highest BCUT2D eigenvalue weighted by Crippen LogP contribution is 2.43. The van der Waals surface area contributed by atoms with Gasteiger partial charge in [-0.3, -0.25) is 9.13 Å². The van der Waals surface area contributed by atoms with Crippen LogP contribution in [0.5, 0.6) is 0 Å². The minimum atomic E-state index is -0.329. The molecule has 0 spiro atoms. The SMILES string of the molecule is CC[C@@H]1c2nncn2-c2cnc(-n3ccnc3-c3ccccc3F)nc2N1C1CCC1. The van der Waals surface area contributed by atoms with E-state index in [0.717, 1.165) is 36.6 Å². The number of fused-ring (bicyclic) bond motifs is 3. The van der Waals surface area contributed by atoms with Gasteiger partial charge in [-0.15, -0.1) is 10.2 Å². The highest BCUT2D eigenvalue weighted by atomic mass is 19.1. The molecule has 2 aliphatic rings. The van der Waals surface area contributed by atoms with Gasteiger partial charge in [-0.1, -0.05) is 19.1 Å². The van der Waals surface area contributed by atoms with E-state index in [0.29, 0.717) is 23.4 Å². The Balaban J connectivity index is 1.52. The van der Waals surface area contributed by atoms with Crippen LogP contribution in [0.4, 0.5) is 10.2 Å². The van der Waals surface area contributed by atoms with E-state index in [-0.39, 0.29) is 11.9 Å². The molecule has 0 saturated heterocycles. The topological polar surface area (TPSA) is 77.5 Å². The molecule has 8 nitrogen and oxygen atoms in total. The lowest BCUT2D eigenvalue weighted by atomic mass is 9.89. The first-order valence-electron chi connectivity index (χ1n) is 10.6. The van der Waals surface area contributed by atoms with Crippen molar-refractivity contribution in [2.24, 2.45) is 0 Å². The lowest BCUT2D eigenvalue weighted by molar-refractivity contribution is 0.341. The fourth-order valence-corrected chi connectivity index (χ4v) is 4.54. The van der Waals surface area contributed by atoms with Crippen LogP contribution >= 0.6 is 0 Å². The van der Waals surface area contributed by atoms with Crippen LogP contribution in [0.3, 0.4) is 0 Å². The van der Waals surface area contributed by atoms with E-state index < -0.39 is 0 Å². The predicted molar refractivity (Wildman–Crippen MR) is 113 cm³/mol. The maximum absolute atomic E-state index is 14.5. The van der Waals surface area contributed by atoms with Crippen molar-refractivity contribution in [3.05, 3.63) is 60.8 Å². The van der Waals surface area contributed by atoms with E-state index in [1.54, 1.807) is 47.7 Å². The quantitative estimate of drug-likeness (QED) is 0.503. The van der Waals surface area contributed by atoms with Gasteiger partial charge in [-0.05, 0) is 37.8 Å². The molecule has 0 amide bonds. The normalized spacial score (nSPS) is 17.9.